The molecule has 2 rings (SSSR count). The number of nitrogens with two attached hydrogens (primary N) is 1. The fraction of sp³-hybridized carbons (Fsp3) is 0.143. The van der Waals surface area contributed by atoms with Gasteiger partial charge in [0.1, 0.15) is 5.75 Å². The maximum Gasteiger partial charge on any atom is 0.123 e. The highest BCUT2D eigenvalue weighted by Gasteiger charge is 2.00. The molecule has 0 atom stereocenters. The van der Waals surface area contributed by atoms with Crippen molar-refractivity contribution in [2.45, 2.75) is 6.54 Å². The van der Waals surface area contributed by atoms with Gasteiger partial charge in [-0.3, -0.25) is 0 Å². The van der Waals surface area contributed by atoms with Crippen LogP contribution in [0.25, 0.3) is 0 Å². The van der Waals surface area contributed by atoms with Gasteiger partial charge in [0.15, 0.2) is 0 Å². The van der Waals surface area contributed by atoms with Gasteiger partial charge in [-0.05, 0) is 30.3 Å². The summed E-state index contributed by atoms with van der Waals surface area (Å²) < 4.78 is 5.29. The maximum absolute atomic E-state index is 5.63. The fourth-order valence-electron chi connectivity index (χ4n) is 1.65. The van der Waals surface area contributed by atoms with Gasteiger partial charge in [-0.15, -0.1) is 0 Å². The van der Waals surface area contributed by atoms with E-state index in [9.17, 15) is 0 Å². The van der Waals surface area contributed by atoms with Gasteiger partial charge in [-0.1, -0.05) is 18.2 Å². The first-order chi connectivity index (χ1) is 8.29. The van der Waals surface area contributed by atoms with Crippen LogP contribution in [0.3, 0.4) is 0 Å². The third-order valence-corrected chi connectivity index (χ3v) is 2.59. The minimum absolute atomic E-state index is 0.730. The molecule has 0 amide bonds. The Hall–Kier alpha value is -2.16. The van der Waals surface area contributed by atoms with E-state index in [1.54, 1.807) is 7.11 Å². The van der Waals surface area contributed by atoms with Crippen LogP contribution in [-0.4, -0.2) is 7.11 Å². The highest BCUT2D eigenvalue weighted by molar-refractivity contribution is 5.51. The summed E-state index contributed by atoms with van der Waals surface area (Å²) in [5.74, 6) is 0.899. The summed E-state index contributed by atoms with van der Waals surface area (Å²) in [7, 11) is 1.68. The zero-order valence-electron chi connectivity index (χ0n) is 9.81. The van der Waals surface area contributed by atoms with Crippen LogP contribution in [0, 0.1) is 0 Å². The molecule has 0 bridgehead atoms. The SMILES string of the molecule is COc1ccccc1CNc1ccc(N)cc1. The fourth-order valence-corrected chi connectivity index (χ4v) is 1.65. The van der Waals surface area contributed by atoms with Crippen LogP contribution in [0.15, 0.2) is 48.5 Å². The lowest BCUT2D eigenvalue weighted by atomic mass is 10.2. The number of hydrogen-bond donors (Lipinski definition) is 2. The summed E-state index contributed by atoms with van der Waals surface area (Å²) in [5, 5.41) is 3.33. The van der Waals surface area contributed by atoms with Crippen molar-refractivity contribution in [1.82, 2.24) is 0 Å². The molecule has 2 aromatic rings. The first-order valence-electron chi connectivity index (χ1n) is 5.51. The number of hydrogen-bond acceptors (Lipinski definition) is 3. The molecule has 0 spiro atoms. The predicted molar refractivity (Wildman–Crippen MR) is 71.2 cm³/mol. The first kappa shape index (κ1) is 11.3. The molecule has 0 fully saturated rings. The predicted octanol–water partition coefficient (Wildman–Crippen LogP) is 2.89. The van der Waals surface area contributed by atoms with Gasteiger partial charge in [-0.25, -0.2) is 0 Å². The van der Waals surface area contributed by atoms with Crippen molar-refractivity contribution in [3.8, 4) is 5.75 Å². The molecule has 3 N–H and O–H groups in total. The number of nitrogen functional groups attached to an aromatic ring is 1. The molecule has 0 radical (unpaired) electrons. The molecule has 0 saturated heterocycles. The molecule has 2 aromatic carbocycles. The largest absolute Gasteiger partial charge is 0.496 e. The second kappa shape index (κ2) is 5.25. The Morgan fingerprint density at radius 3 is 2.47 bits per heavy atom. The molecule has 0 unspecified atom stereocenters. The monoisotopic (exact) mass is 228 g/mol. The minimum atomic E-state index is 0.730. The van der Waals surface area contributed by atoms with Crippen molar-refractivity contribution in [2.24, 2.45) is 0 Å². The van der Waals surface area contributed by atoms with E-state index in [4.69, 9.17) is 10.5 Å². The summed E-state index contributed by atoms with van der Waals surface area (Å²) in [6.45, 7) is 0.730. The van der Waals surface area contributed by atoms with Gasteiger partial charge in [0.2, 0.25) is 0 Å². The summed E-state index contributed by atoms with van der Waals surface area (Å²) in [5.41, 5.74) is 8.58. The van der Waals surface area contributed by atoms with Gasteiger partial charge >= 0.3 is 0 Å². The molecule has 88 valence electrons. The van der Waals surface area contributed by atoms with Gasteiger partial charge in [0, 0.05) is 23.5 Å². The van der Waals surface area contributed by atoms with Crippen LogP contribution in [0.4, 0.5) is 11.4 Å². The lowest BCUT2D eigenvalue weighted by Gasteiger charge is -2.10. The highest BCUT2D eigenvalue weighted by atomic mass is 16.5. The molecule has 0 aromatic heterocycles. The van der Waals surface area contributed by atoms with Crippen LogP contribution in [0.5, 0.6) is 5.75 Å². The van der Waals surface area contributed by atoms with Crippen molar-refractivity contribution >= 4 is 11.4 Å². The van der Waals surface area contributed by atoms with E-state index < -0.39 is 0 Å². The molecule has 0 aliphatic heterocycles. The minimum Gasteiger partial charge on any atom is -0.496 e. The Kier molecular flexibility index (Phi) is 3.50. The summed E-state index contributed by atoms with van der Waals surface area (Å²) >= 11 is 0. The maximum atomic E-state index is 5.63. The smallest absolute Gasteiger partial charge is 0.123 e. The number of anilines is 2. The Bertz CT molecular complexity index is 480. The highest BCUT2D eigenvalue weighted by Crippen LogP contribution is 2.19. The standard InChI is InChI=1S/C14H16N2O/c1-17-14-5-3-2-4-11(14)10-16-13-8-6-12(15)7-9-13/h2-9,16H,10,15H2,1H3. The van der Waals surface area contributed by atoms with E-state index >= 15 is 0 Å². The van der Waals surface area contributed by atoms with E-state index in [0.29, 0.717) is 0 Å². The number of benzene rings is 2. The second-order valence-corrected chi connectivity index (χ2v) is 3.79. The first-order valence-corrected chi connectivity index (χ1v) is 5.51. The molecular formula is C14H16N2O. The topological polar surface area (TPSA) is 47.3 Å². The lowest BCUT2D eigenvalue weighted by Crippen LogP contribution is -2.01. The van der Waals surface area contributed by atoms with Crippen LogP contribution in [0.1, 0.15) is 5.56 Å². The Labute approximate surface area is 101 Å². The normalized spacial score (nSPS) is 9.94. The number of rotatable bonds is 4. The van der Waals surface area contributed by atoms with Crippen molar-refractivity contribution < 1.29 is 4.74 Å². The molecular weight excluding hydrogens is 212 g/mol. The average molecular weight is 228 g/mol. The van der Waals surface area contributed by atoms with Crippen molar-refractivity contribution in [3.63, 3.8) is 0 Å². The summed E-state index contributed by atoms with van der Waals surface area (Å²) in [6, 6.07) is 15.7. The van der Waals surface area contributed by atoms with Crippen LogP contribution < -0.4 is 15.8 Å². The summed E-state index contributed by atoms with van der Waals surface area (Å²) in [4.78, 5) is 0. The second-order valence-electron chi connectivity index (χ2n) is 3.79. The Morgan fingerprint density at radius 2 is 1.76 bits per heavy atom. The molecule has 3 heteroatoms. The number of nitrogens with one attached hydrogen (secondary N) is 1. The molecule has 0 aliphatic rings. The van der Waals surface area contributed by atoms with Gasteiger partial charge in [-0.2, -0.15) is 0 Å². The Balaban J connectivity index is 2.04. The van der Waals surface area contributed by atoms with Crippen LogP contribution in [-0.2, 0) is 6.54 Å². The van der Waals surface area contributed by atoms with Crippen LogP contribution in [0.2, 0.25) is 0 Å². The van der Waals surface area contributed by atoms with Crippen molar-refractivity contribution in [2.75, 3.05) is 18.2 Å². The molecule has 0 aliphatic carbocycles. The van der Waals surface area contributed by atoms with E-state index in [0.717, 1.165) is 29.2 Å². The Morgan fingerprint density at radius 1 is 1.06 bits per heavy atom. The van der Waals surface area contributed by atoms with E-state index in [-0.39, 0.29) is 0 Å². The van der Waals surface area contributed by atoms with E-state index in [1.165, 1.54) is 0 Å². The van der Waals surface area contributed by atoms with E-state index in [2.05, 4.69) is 5.32 Å². The van der Waals surface area contributed by atoms with Gasteiger partial charge < -0.3 is 15.8 Å². The average Bonchev–Trinajstić information content (AvgIpc) is 2.38. The third-order valence-electron chi connectivity index (χ3n) is 2.59. The van der Waals surface area contributed by atoms with Gasteiger partial charge in [0.25, 0.3) is 0 Å². The molecule has 0 heterocycles. The number of ether oxygens (including phenoxy) is 1. The third kappa shape index (κ3) is 2.91. The van der Waals surface area contributed by atoms with Crippen molar-refractivity contribution in [3.05, 3.63) is 54.1 Å². The number of para-hydroxylation sites is 1. The van der Waals surface area contributed by atoms with E-state index in [1.807, 2.05) is 48.5 Å². The molecule has 0 saturated carbocycles. The summed E-state index contributed by atoms with van der Waals surface area (Å²) in [6.07, 6.45) is 0. The van der Waals surface area contributed by atoms with Crippen molar-refractivity contribution in [1.29, 1.82) is 0 Å². The molecule has 17 heavy (non-hydrogen) atoms. The lowest BCUT2D eigenvalue weighted by molar-refractivity contribution is 0.410. The quantitative estimate of drug-likeness (QED) is 0.791. The number of methoxy groups -OCH3 is 1. The van der Waals surface area contributed by atoms with Gasteiger partial charge in [0.05, 0.1) is 7.11 Å². The zero-order chi connectivity index (χ0) is 12.1. The zero-order valence-corrected chi connectivity index (χ0v) is 9.81. The van der Waals surface area contributed by atoms with Crippen LogP contribution >= 0.6 is 0 Å². The molecule has 3 nitrogen and oxygen atoms in total.